The number of aliphatic carboxylic acids is 1. The molecular formula is C27H39N3O6. The largest absolute Gasteiger partial charge is 0.493 e. The van der Waals surface area contributed by atoms with Crippen LogP contribution in [0.15, 0.2) is 18.2 Å². The summed E-state index contributed by atoms with van der Waals surface area (Å²) in [6, 6.07) is 5.61. The van der Waals surface area contributed by atoms with E-state index in [0.717, 1.165) is 42.6 Å². The Morgan fingerprint density at radius 1 is 1.22 bits per heavy atom. The number of carboxylic acids is 1. The zero-order chi connectivity index (χ0) is 25.7. The van der Waals surface area contributed by atoms with Gasteiger partial charge in [-0.2, -0.15) is 0 Å². The van der Waals surface area contributed by atoms with E-state index in [1.54, 1.807) is 0 Å². The van der Waals surface area contributed by atoms with Gasteiger partial charge in [-0.15, -0.1) is 0 Å². The van der Waals surface area contributed by atoms with Crippen LogP contribution < -0.4 is 4.74 Å². The van der Waals surface area contributed by atoms with Crippen LogP contribution in [0.5, 0.6) is 5.75 Å². The van der Waals surface area contributed by atoms with Crippen molar-refractivity contribution in [2.75, 3.05) is 45.9 Å². The van der Waals surface area contributed by atoms with Crippen molar-refractivity contribution in [3.63, 3.8) is 0 Å². The van der Waals surface area contributed by atoms with E-state index in [0.29, 0.717) is 52.2 Å². The number of benzene rings is 1. The van der Waals surface area contributed by atoms with E-state index in [4.69, 9.17) is 9.57 Å². The lowest BCUT2D eigenvalue weighted by Gasteiger charge is -2.30. The molecule has 0 radical (unpaired) electrons. The molecule has 4 rings (SSSR count). The topological polar surface area (TPSA) is 99.6 Å². The molecule has 2 saturated heterocycles. The fourth-order valence-corrected chi connectivity index (χ4v) is 5.77. The van der Waals surface area contributed by atoms with E-state index >= 15 is 0 Å². The summed E-state index contributed by atoms with van der Waals surface area (Å²) in [6.07, 6.45) is 4.30. The summed E-state index contributed by atoms with van der Waals surface area (Å²) in [5.74, 6) is -0.955. The van der Waals surface area contributed by atoms with Crippen molar-refractivity contribution < 1.29 is 29.1 Å². The Bertz CT molecular complexity index is 953. The van der Waals surface area contributed by atoms with Crippen LogP contribution in [0, 0.1) is 5.92 Å². The summed E-state index contributed by atoms with van der Waals surface area (Å²) in [6.45, 7) is 7.37. The van der Waals surface area contributed by atoms with Gasteiger partial charge in [0.2, 0.25) is 5.91 Å². The van der Waals surface area contributed by atoms with Gasteiger partial charge in [-0.3, -0.25) is 24.1 Å². The van der Waals surface area contributed by atoms with Crippen LogP contribution in [-0.2, 0) is 25.6 Å². The minimum atomic E-state index is -0.864. The van der Waals surface area contributed by atoms with Crippen molar-refractivity contribution in [3.05, 3.63) is 29.3 Å². The number of ether oxygens (including phenoxy) is 1. The number of carbonyl (C=O) groups is 3. The molecule has 3 unspecified atom stereocenters. The third-order valence-electron chi connectivity index (χ3n) is 7.54. The first-order chi connectivity index (χ1) is 17.4. The quantitative estimate of drug-likeness (QED) is 0.440. The summed E-state index contributed by atoms with van der Waals surface area (Å²) >= 11 is 0. The summed E-state index contributed by atoms with van der Waals surface area (Å²) in [4.78, 5) is 47.7. The van der Waals surface area contributed by atoms with Crippen molar-refractivity contribution in [1.82, 2.24) is 14.9 Å². The number of carboxylic acid groups (broad SMARTS) is 1. The summed E-state index contributed by atoms with van der Waals surface area (Å²) < 4.78 is 5.64. The maximum Gasteiger partial charge on any atom is 0.308 e. The molecule has 36 heavy (non-hydrogen) atoms. The molecule has 3 aliphatic rings. The molecule has 2 fully saturated rings. The third kappa shape index (κ3) is 5.83. The van der Waals surface area contributed by atoms with Crippen molar-refractivity contribution >= 4 is 17.8 Å². The molecule has 3 heterocycles. The Morgan fingerprint density at radius 2 is 2.06 bits per heavy atom. The highest BCUT2D eigenvalue weighted by atomic mass is 16.7. The van der Waals surface area contributed by atoms with E-state index in [1.165, 1.54) is 5.06 Å². The number of hydrogen-bond donors (Lipinski definition) is 1. The molecule has 0 saturated carbocycles. The van der Waals surface area contributed by atoms with Crippen LogP contribution in [0.2, 0.25) is 0 Å². The Hall–Kier alpha value is -2.65. The van der Waals surface area contributed by atoms with E-state index in [1.807, 2.05) is 35.8 Å². The standard InChI is InChI=1S/C27H39N3O6/c1-3-11-30(36-14-4-2)25(32)18-29-17-21(19-7-8-23-20(16-19)10-15-35-23)26(27(33)34)22(29)9-13-28-12-5-6-24(28)31/h7-8,16,21-22,26H,3-6,9-15,17-18H2,1-2H3,(H,33,34). The first kappa shape index (κ1) is 26.4. The second-order valence-electron chi connectivity index (χ2n) is 10.0. The maximum atomic E-state index is 13.3. The number of hydrogen-bond acceptors (Lipinski definition) is 6. The molecule has 9 nitrogen and oxygen atoms in total. The van der Waals surface area contributed by atoms with Crippen molar-refractivity contribution in [2.45, 2.75) is 64.3 Å². The molecular weight excluding hydrogens is 462 g/mol. The Balaban J connectivity index is 1.57. The van der Waals surface area contributed by atoms with Gasteiger partial charge in [0, 0.05) is 51.0 Å². The molecule has 1 N–H and O–H groups in total. The Morgan fingerprint density at radius 3 is 2.75 bits per heavy atom. The molecule has 3 atom stereocenters. The average Bonchev–Trinajstić information content (AvgIpc) is 3.58. The van der Waals surface area contributed by atoms with Gasteiger partial charge in [-0.05, 0) is 42.9 Å². The lowest BCUT2D eigenvalue weighted by atomic mass is 9.83. The Labute approximate surface area is 213 Å². The molecule has 198 valence electrons. The van der Waals surface area contributed by atoms with Crippen LogP contribution in [0.1, 0.15) is 63.0 Å². The second-order valence-corrected chi connectivity index (χ2v) is 10.0. The molecule has 0 aromatic heterocycles. The lowest BCUT2D eigenvalue weighted by Crippen LogP contribution is -2.45. The normalized spacial score (nSPS) is 23.7. The monoisotopic (exact) mass is 501 g/mol. The van der Waals surface area contributed by atoms with E-state index in [9.17, 15) is 19.5 Å². The SMILES string of the molecule is CCCON(CCC)C(=O)CN1CC(c2ccc3c(c2)CCO3)C(C(=O)O)C1CCN1CCCC1=O. The number of carbonyl (C=O) groups excluding carboxylic acids is 2. The van der Waals surface area contributed by atoms with Crippen molar-refractivity contribution in [1.29, 1.82) is 0 Å². The molecule has 0 aliphatic carbocycles. The zero-order valence-corrected chi connectivity index (χ0v) is 21.5. The van der Waals surface area contributed by atoms with Crippen LogP contribution >= 0.6 is 0 Å². The summed E-state index contributed by atoms with van der Waals surface area (Å²) in [5.41, 5.74) is 2.07. The highest BCUT2D eigenvalue weighted by molar-refractivity contribution is 5.79. The third-order valence-corrected chi connectivity index (χ3v) is 7.54. The zero-order valence-electron chi connectivity index (χ0n) is 21.5. The predicted molar refractivity (Wildman–Crippen MR) is 134 cm³/mol. The fraction of sp³-hybridized carbons (Fsp3) is 0.667. The van der Waals surface area contributed by atoms with Gasteiger partial charge in [0.25, 0.3) is 5.91 Å². The van der Waals surface area contributed by atoms with Crippen LogP contribution in [-0.4, -0.2) is 89.7 Å². The van der Waals surface area contributed by atoms with Crippen LogP contribution in [0.3, 0.4) is 0 Å². The Kier molecular flexibility index (Phi) is 8.85. The average molecular weight is 502 g/mol. The van der Waals surface area contributed by atoms with Gasteiger partial charge < -0.3 is 14.7 Å². The second kappa shape index (κ2) is 12.1. The summed E-state index contributed by atoms with van der Waals surface area (Å²) in [5, 5.41) is 11.8. The van der Waals surface area contributed by atoms with Crippen LogP contribution in [0.4, 0.5) is 0 Å². The molecule has 3 aliphatic heterocycles. The molecule has 0 bridgehead atoms. The lowest BCUT2D eigenvalue weighted by molar-refractivity contribution is -0.188. The number of rotatable bonds is 12. The van der Waals surface area contributed by atoms with E-state index in [-0.39, 0.29) is 30.3 Å². The van der Waals surface area contributed by atoms with E-state index < -0.39 is 11.9 Å². The highest BCUT2D eigenvalue weighted by Gasteiger charge is 2.47. The smallest absolute Gasteiger partial charge is 0.308 e. The van der Waals surface area contributed by atoms with Gasteiger partial charge in [0.15, 0.2) is 0 Å². The van der Waals surface area contributed by atoms with Crippen LogP contribution in [0.25, 0.3) is 0 Å². The molecule has 9 heteroatoms. The molecule has 1 aromatic carbocycles. The number of likely N-dealkylation sites (tertiary alicyclic amines) is 2. The predicted octanol–water partition coefficient (Wildman–Crippen LogP) is 2.68. The van der Waals surface area contributed by atoms with Gasteiger partial charge in [-0.25, -0.2) is 5.06 Å². The number of amides is 2. The van der Waals surface area contributed by atoms with Gasteiger partial charge in [0.1, 0.15) is 5.75 Å². The van der Waals surface area contributed by atoms with Gasteiger partial charge >= 0.3 is 5.97 Å². The van der Waals surface area contributed by atoms with Gasteiger partial charge in [0.05, 0.1) is 25.7 Å². The first-order valence-corrected chi connectivity index (χ1v) is 13.4. The number of nitrogens with zero attached hydrogens (tertiary/aromatic N) is 3. The molecule has 1 aromatic rings. The first-order valence-electron chi connectivity index (χ1n) is 13.4. The van der Waals surface area contributed by atoms with Crippen molar-refractivity contribution in [2.24, 2.45) is 5.92 Å². The number of hydroxylamine groups is 2. The minimum Gasteiger partial charge on any atom is -0.493 e. The van der Waals surface area contributed by atoms with Gasteiger partial charge in [-0.1, -0.05) is 26.0 Å². The molecule has 0 spiro atoms. The minimum absolute atomic E-state index is 0.0939. The highest BCUT2D eigenvalue weighted by Crippen LogP contribution is 2.41. The van der Waals surface area contributed by atoms with E-state index in [2.05, 4.69) is 6.07 Å². The number of fused-ring (bicyclic) bond motifs is 1. The summed E-state index contributed by atoms with van der Waals surface area (Å²) in [7, 11) is 0. The van der Waals surface area contributed by atoms with Crippen molar-refractivity contribution in [3.8, 4) is 5.75 Å². The molecule has 2 amide bonds. The maximum absolute atomic E-state index is 13.3. The fourth-order valence-electron chi connectivity index (χ4n) is 5.77.